The maximum Gasteiger partial charge on any atom is 0.0541 e. The van der Waals surface area contributed by atoms with Gasteiger partial charge in [-0.1, -0.05) is 132 Å². The maximum absolute atomic E-state index is 4.67. The molecule has 330 valence electrons. The normalized spacial score (nSPS) is 12.8. The topological polar surface area (TPSA) is 35.6 Å². The number of benzene rings is 6. The van der Waals surface area contributed by atoms with Crippen LogP contribution in [0.2, 0.25) is 0 Å². The van der Waals surface area contributed by atoms with E-state index in [-0.39, 0.29) is 21.7 Å². The minimum Gasteiger partial charge on any atom is -0.309 e. The molecule has 0 saturated carbocycles. The molecule has 6 aromatic carbocycles. The first-order valence-corrected chi connectivity index (χ1v) is 23.5. The van der Waals surface area contributed by atoms with E-state index in [1.807, 2.05) is 24.8 Å². The molecule has 4 heterocycles. The third kappa shape index (κ3) is 7.51. The molecule has 4 nitrogen and oxygen atoms in total. The SMILES string of the molecule is CC(C)(C)c1ccc2c(c1)c1cc(C(C)(C)C)ccc1n2-c1ccc(-c2ccncc2-c2cnccc2-c2ccc(-n3c4ccc(C(C)(C)C)cc4c4cc(C(C)(C)C)ccc43)cc2)cc1. The van der Waals surface area contributed by atoms with Crippen LogP contribution in [-0.2, 0) is 21.7 Å². The first-order valence-electron chi connectivity index (χ1n) is 23.5. The zero-order valence-corrected chi connectivity index (χ0v) is 40.8. The summed E-state index contributed by atoms with van der Waals surface area (Å²) >= 11 is 0. The zero-order valence-electron chi connectivity index (χ0n) is 40.8. The Bertz CT molecular complexity index is 3100. The lowest BCUT2D eigenvalue weighted by Gasteiger charge is -2.19. The van der Waals surface area contributed by atoms with Crippen LogP contribution >= 0.6 is 0 Å². The van der Waals surface area contributed by atoms with Crippen LogP contribution in [0.3, 0.4) is 0 Å². The van der Waals surface area contributed by atoms with E-state index in [9.17, 15) is 0 Å². The summed E-state index contributed by atoms with van der Waals surface area (Å²) in [7, 11) is 0. The molecule has 10 rings (SSSR count). The van der Waals surface area contributed by atoms with Gasteiger partial charge in [-0.05, 0) is 151 Å². The van der Waals surface area contributed by atoms with Crippen LogP contribution in [-0.4, -0.2) is 19.1 Å². The smallest absolute Gasteiger partial charge is 0.0541 e. The number of hydrogen-bond donors (Lipinski definition) is 0. The molecule has 0 N–H and O–H groups in total. The average molecular weight is 863 g/mol. The number of fused-ring (bicyclic) bond motifs is 6. The highest BCUT2D eigenvalue weighted by molar-refractivity contribution is 6.11. The molecule has 0 spiro atoms. The van der Waals surface area contributed by atoms with Crippen molar-refractivity contribution in [3.8, 4) is 44.8 Å². The van der Waals surface area contributed by atoms with Crippen molar-refractivity contribution in [2.75, 3.05) is 0 Å². The first kappa shape index (κ1) is 43.1. The van der Waals surface area contributed by atoms with E-state index in [1.54, 1.807) is 0 Å². The maximum atomic E-state index is 4.67. The Labute approximate surface area is 391 Å². The molecule has 0 amide bonds. The second kappa shape index (κ2) is 15.4. The van der Waals surface area contributed by atoms with Crippen molar-refractivity contribution in [2.24, 2.45) is 0 Å². The summed E-state index contributed by atoms with van der Waals surface area (Å²) in [5, 5.41) is 5.17. The molecule has 0 fully saturated rings. The fourth-order valence-electron chi connectivity index (χ4n) is 9.77. The van der Waals surface area contributed by atoms with Crippen molar-refractivity contribution >= 4 is 43.6 Å². The van der Waals surface area contributed by atoms with Crippen LogP contribution in [0, 0.1) is 0 Å². The summed E-state index contributed by atoms with van der Waals surface area (Å²) in [6.07, 6.45) is 7.76. The summed E-state index contributed by atoms with van der Waals surface area (Å²) in [5.41, 5.74) is 19.3. The van der Waals surface area contributed by atoms with E-state index in [0.717, 1.165) is 44.8 Å². The quantitative estimate of drug-likeness (QED) is 0.173. The molecule has 0 aliphatic rings. The Kier molecular flexibility index (Phi) is 10.1. The van der Waals surface area contributed by atoms with Gasteiger partial charge in [0.1, 0.15) is 0 Å². The minimum absolute atomic E-state index is 0.0488. The van der Waals surface area contributed by atoms with Crippen LogP contribution in [0.25, 0.3) is 88.4 Å². The molecule has 0 radical (unpaired) electrons. The van der Waals surface area contributed by atoms with Crippen molar-refractivity contribution < 1.29 is 0 Å². The van der Waals surface area contributed by atoms with Gasteiger partial charge in [-0.25, -0.2) is 0 Å². The fourth-order valence-corrected chi connectivity index (χ4v) is 9.77. The van der Waals surface area contributed by atoms with E-state index in [1.165, 1.54) is 65.9 Å². The molecule has 10 aromatic rings. The highest BCUT2D eigenvalue weighted by Crippen LogP contribution is 2.42. The number of rotatable bonds is 5. The van der Waals surface area contributed by atoms with Gasteiger partial charge in [-0.15, -0.1) is 0 Å². The summed E-state index contributed by atoms with van der Waals surface area (Å²) in [6.45, 7) is 27.5. The van der Waals surface area contributed by atoms with Crippen LogP contribution in [0.4, 0.5) is 0 Å². The monoisotopic (exact) mass is 862 g/mol. The van der Waals surface area contributed by atoms with E-state index in [4.69, 9.17) is 0 Å². The van der Waals surface area contributed by atoms with Crippen molar-refractivity contribution in [3.05, 3.63) is 181 Å². The van der Waals surface area contributed by atoms with Gasteiger partial charge in [-0.2, -0.15) is 0 Å². The van der Waals surface area contributed by atoms with E-state index in [0.29, 0.717) is 0 Å². The molecule has 0 aliphatic heterocycles. The summed E-state index contributed by atoms with van der Waals surface area (Å²) in [4.78, 5) is 9.34. The van der Waals surface area contributed by atoms with Crippen LogP contribution < -0.4 is 0 Å². The van der Waals surface area contributed by atoms with Gasteiger partial charge < -0.3 is 9.13 Å². The molecule has 0 atom stereocenters. The highest BCUT2D eigenvalue weighted by Gasteiger charge is 2.24. The third-order valence-electron chi connectivity index (χ3n) is 13.8. The number of aromatic nitrogens is 4. The molecular weight excluding hydrogens is 801 g/mol. The summed E-state index contributed by atoms with van der Waals surface area (Å²) in [5.74, 6) is 0. The number of pyridine rings is 2. The second-order valence-electron chi connectivity index (χ2n) is 22.5. The van der Waals surface area contributed by atoms with Crippen molar-refractivity contribution in [2.45, 2.75) is 105 Å². The van der Waals surface area contributed by atoms with Gasteiger partial charge in [0.25, 0.3) is 0 Å². The molecule has 4 aromatic heterocycles. The fraction of sp³-hybridized carbons (Fsp3) is 0.258. The molecule has 0 bridgehead atoms. The molecule has 0 aliphatic carbocycles. The van der Waals surface area contributed by atoms with Crippen molar-refractivity contribution in [1.82, 2.24) is 19.1 Å². The Balaban J connectivity index is 1.03. The predicted octanol–water partition coefficient (Wildman–Crippen LogP) is 16.9. The largest absolute Gasteiger partial charge is 0.309 e. The molecule has 66 heavy (non-hydrogen) atoms. The van der Waals surface area contributed by atoms with Gasteiger partial charge in [0, 0.05) is 68.8 Å². The lowest BCUT2D eigenvalue weighted by molar-refractivity contribution is 0.590. The highest BCUT2D eigenvalue weighted by atomic mass is 15.0. The average Bonchev–Trinajstić information content (AvgIpc) is 3.79. The van der Waals surface area contributed by atoms with Crippen LogP contribution in [0.5, 0.6) is 0 Å². The van der Waals surface area contributed by atoms with Gasteiger partial charge in [0.05, 0.1) is 22.1 Å². The Morgan fingerprint density at radius 1 is 0.303 bits per heavy atom. The molecule has 0 unspecified atom stereocenters. The Morgan fingerprint density at radius 3 is 0.833 bits per heavy atom. The third-order valence-corrected chi connectivity index (χ3v) is 13.8. The van der Waals surface area contributed by atoms with Gasteiger partial charge in [0.2, 0.25) is 0 Å². The van der Waals surface area contributed by atoms with Gasteiger partial charge >= 0.3 is 0 Å². The van der Waals surface area contributed by atoms with Crippen LogP contribution in [0.15, 0.2) is 158 Å². The lowest BCUT2D eigenvalue weighted by Crippen LogP contribution is -2.10. The summed E-state index contributed by atoms with van der Waals surface area (Å²) in [6, 6.07) is 50.4. The Hall–Kier alpha value is -6.78. The van der Waals surface area contributed by atoms with E-state index >= 15 is 0 Å². The second-order valence-corrected chi connectivity index (χ2v) is 22.5. The standard InChI is InChI=1S/C62H62N4/c1-59(2,3)41-17-25-55-49(33-41)50-34-42(60(4,5)6)18-26-56(50)65(55)45-21-13-39(14-22-45)47-29-31-63-37-53(47)54-38-64-32-30-48(54)40-15-23-46(24-16-40)66-57-27-19-43(61(7,8)9)35-51(57)52-36-44(62(10,11)12)20-28-58(52)66/h13-38H,1-12H3. The van der Waals surface area contributed by atoms with Crippen LogP contribution in [0.1, 0.15) is 105 Å². The van der Waals surface area contributed by atoms with E-state index < -0.39 is 0 Å². The minimum atomic E-state index is 0.0488. The molecule has 0 saturated heterocycles. The van der Waals surface area contributed by atoms with Crippen molar-refractivity contribution in [1.29, 1.82) is 0 Å². The van der Waals surface area contributed by atoms with E-state index in [2.05, 4.69) is 236 Å². The molecular formula is C62H62N4. The predicted molar refractivity (Wildman–Crippen MR) is 282 cm³/mol. The first-order chi connectivity index (χ1) is 31.3. The van der Waals surface area contributed by atoms with Gasteiger partial charge in [-0.3, -0.25) is 9.97 Å². The summed E-state index contributed by atoms with van der Waals surface area (Å²) < 4.78 is 4.85. The Morgan fingerprint density at radius 2 is 0.576 bits per heavy atom. The van der Waals surface area contributed by atoms with Crippen molar-refractivity contribution in [3.63, 3.8) is 0 Å². The zero-order chi connectivity index (χ0) is 46.5. The number of hydrogen-bond acceptors (Lipinski definition) is 2. The number of nitrogens with zero attached hydrogens (tertiary/aromatic N) is 4. The van der Waals surface area contributed by atoms with Gasteiger partial charge in [0.15, 0.2) is 0 Å². The molecule has 4 heteroatoms. The lowest BCUT2D eigenvalue weighted by atomic mass is 9.85.